The fourth-order valence-electron chi connectivity index (χ4n) is 6.14. The Balaban J connectivity index is 0.00000131. The highest BCUT2D eigenvalue weighted by Crippen LogP contribution is 2.41. The number of Topliss-reactive ketones (excluding diaryl/α,β-unsaturated/α-hetero) is 1. The molecular formula is C42H59F4N5O3. The molecule has 1 amide bonds. The zero-order chi connectivity index (χ0) is 40.7. The van der Waals surface area contributed by atoms with Crippen LogP contribution in [0.5, 0.6) is 5.75 Å². The summed E-state index contributed by atoms with van der Waals surface area (Å²) in [6.45, 7) is 22.8. The van der Waals surface area contributed by atoms with E-state index in [0.717, 1.165) is 56.5 Å². The van der Waals surface area contributed by atoms with Gasteiger partial charge in [-0.05, 0) is 86.6 Å². The number of allylic oxidation sites excluding steroid dienone is 2. The summed E-state index contributed by atoms with van der Waals surface area (Å²) in [5.74, 6) is -0.458. The molecule has 8 nitrogen and oxygen atoms in total. The van der Waals surface area contributed by atoms with Crippen LogP contribution in [0, 0.1) is 29.5 Å². The standard InChI is InChI=1S/C36H47F4N5O2.C6H12O/c1-8-12-13-25(18-22(5)9-2)24(7)45-17-16-43-34(41)33(45)32(23(6)10-3)28-20-29(37)27(21-30(28)47-11-4)35(46)44-31-19-26(14-15-42-31)36(38,39)40;1-5(2)4-6(3)7/h14-17,19-23,25H,7-13,18H2,1-6H3,(H2,41,43)(H,42,44,46);5H,4H2,1-3H3/b33-32+;. The molecule has 1 aromatic heterocycles. The van der Waals surface area contributed by atoms with Gasteiger partial charge < -0.3 is 25.5 Å². The van der Waals surface area contributed by atoms with E-state index in [0.29, 0.717) is 41.2 Å². The minimum Gasteiger partial charge on any atom is -0.493 e. The number of nitrogens with two attached hydrogens (primary N) is 1. The first-order valence-corrected chi connectivity index (χ1v) is 18.9. The molecule has 54 heavy (non-hydrogen) atoms. The predicted molar refractivity (Wildman–Crippen MR) is 210 cm³/mol. The van der Waals surface area contributed by atoms with Crippen molar-refractivity contribution < 1.29 is 31.9 Å². The number of alkyl halides is 3. The number of unbranched alkanes of at least 4 members (excludes halogenated alkanes) is 1. The molecule has 0 aliphatic carbocycles. The quantitative estimate of drug-likeness (QED) is 0.156. The van der Waals surface area contributed by atoms with Crippen molar-refractivity contribution in [3.05, 3.63) is 83.3 Å². The van der Waals surface area contributed by atoms with Crippen LogP contribution < -0.4 is 15.8 Å². The van der Waals surface area contributed by atoms with E-state index in [4.69, 9.17) is 10.5 Å². The molecule has 0 fully saturated rings. The summed E-state index contributed by atoms with van der Waals surface area (Å²) in [7, 11) is 0. The second kappa shape index (κ2) is 21.4. The van der Waals surface area contributed by atoms with Gasteiger partial charge in [-0.2, -0.15) is 13.2 Å². The van der Waals surface area contributed by atoms with Crippen LogP contribution in [0.1, 0.15) is 129 Å². The van der Waals surface area contributed by atoms with Gasteiger partial charge in [0.2, 0.25) is 0 Å². The van der Waals surface area contributed by atoms with E-state index >= 15 is 4.39 Å². The smallest absolute Gasteiger partial charge is 0.416 e. The van der Waals surface area contributed by atoms with E-state index in [1.165, 1.54) is 12.1 Å². The van der Waals surface area contributed by atoms with E-state index in [1.807, 2.05) is 38.8 Å². The molecule has 0 spiro atoms. The number of ether oxygens (including phenoxy) is 1. The van der Waals surface area contributed by atoms with E-state index < -0.39 is 29.0 Å². The highest BCUT2D eigenvalue weighted by atomic mass is 19.4. The number of carbonyl (C=O) groups is 2. The summed E-state index contributed by atoms with van der Waals surface area (Å²) >= 11 is 0. The largest absolute Gasteiger partial charge is 0.493 e. The normalized spacial score (nSPS) is 15.4. The first kappa shape index (κ1) is 45.7. The fraction of sp³-hybridized carbons (Fsp3) is 0.524. The third-order valence-electron chi connectivity index (χ3n) is 9.27. The fourth-order valence-corrected chi connectivity index (χ4v) is 6.14. The topological polar surface area (TPSA) is 110 Å². The monoisotopic (exact) mass is 757 g/mol. The van der Waals surface area contributed by atoms with Gasteiger partial charge in [0.15, 0.2) is 0 Å². The second-order valence-electron chi connectivity index (χ2n) is 14.3. The number of pyridine rings is 1. The summed E-state index contributed by atoms with van der Waals surface area (Å²) in [5.41, 5.74) is 7.70. The zero-order valence-corrected chi connectivity index (χ0v) is 33.4. The van der Waals surface area contributed by atoms with Gasteiger partial charge in [-0.1, -0.05) is 74.3 Å². The lowest BCUT2D eigenvalue weighted by Gasteiger charge is -2.36. The maximum absolute atomic E-state index is 15.9. The molecule has 3 atom stereocenters. The van der Waals surface area contributed by atoms with Crippen LogP contribution >= 0.6 is 0 Å². The third kappa shape index (κ3) is 13.1. The van der Waals surface area contributed by atoms with E-state index in [2.05, 4.69) is 42.6 Å². The van der Waals surface area contributed by atoms with Crippen LogP contribution in [0.25, 0.3) is 5.57 Å². The number of nitrogens with zero attached hydrogens (tertiary/aromatic N) is 3. The molecule has 1 aliphatic heterocycles. The third-order valence-corrected chi connectivity index (χ3v) is 9.27. The van der Waals surface area contributed by atoms with Crippen molar-refractivity contribution in [1.29, 1.82) is 0 Å². The number of rotatable bonds is 17. The molecule has 12 heteroatoms. The average Bonchev–Trinajstić information content (AvgIpc) is 3.10. The van der Waals surface area contributed by atoms with Crippen molar-refractivity contribution in [2.75, 3.05) is 11.9 Å². The first-order valence-electron chi connectivity index (χ1n) is 18.9. The molecule has 1 aliphatic rings. The number of halogens is 4. The van der Waals surface area contributed by atoms with Crippen molar-refractivity contribution in [1.82, 2.24) is 9.88 Å². The number of aliphatic imine (C=N–C) groups is 1. The van der Waals surface area contributed by atoms with Crippen molar-refractivity contribution in [2.45, 2.75) is 113 Å². The lowest BCUT2D eigenvalue weighted by Crippen LogP contribution is -2.34. The Hall–Kier alpha value is -4.48. The SMILES string of the molecule is C=C(C(CCCC)CC(C)CC)N1C=CN=C(N)/C1=C(\c1cc(F)c(C(=O)Nc2cc(C(F)(F)F)ccn2)cc1OCC)C(C)CC.CC(=O)CC(C)C. The molecular weight excluding hydrogens is 698 g/mol. The Morgan fingerprint density at radius 2 is 1.72 bits per heavy atom. The number of benzene rings is 1. The molecule has 2 heterocycles. The number of hydrogen-bond acceptors (Lipinski definition) is 7. The average molecular weight is 758 g/mol. The lowest BCUT2D eigenvalue weighted by atomic mass is 9.85. The van der Waals surface area contributed by atoms with Gasteiger partial charge in [0.1, 0.15) is 29.0 Å². The number of hydrogen-bond donors (Lipinski definition) is 2. The number of ketones is 1. The van der Waals surface area contributed by atoms with Crippen LogP contribution in [0.15, 0.2) is 65.8 Å². The maximum atomic E-state index is 15.9. The minimum atomic E-state index is -4.64. The molecule has 3 unspecified atom stereocenters. The number of amidine groups is 1. The molecule has 0 bridgehead atoms. The number of amides is 1. The Morgan fingerprint density at radius 1 is 1.04 bits per heavy atom. The van der Waals surface area contributed by atoms with Crippen LogP contribution in [0.3, 0.4) is 0 Å². The van der Waals surface area contributed by atoms with Crippen molar-refractivity contribution >= 4 is 28.9 Å². The van der Waals surface area contributed by atoms with Crippen LogP contribution in [0.2, 0.25) is 0 Å². The van der Waals surface area contributed by atoms with E-state index in [9.17, 15) is 22.8 Å². The first-order chi connectivity index (χ1) is 25.4. The lowest BCUT2D eigenvalue weighted by molar-refractivity contribution is -0.137. The van der Waals surface area contributed by atoms with Gasteiger partial charge in [-0.25, -0.2) is 14.4 Å². The number of anilines is 1. The minimum absolute atomic E-state index is 0.156. The van der Waals surface area contributed by atoms with E-state index in [-0.39, 0.29) is 41.6 Å². The van der Waals surface area contributed by atoms with Crippen LogP contribution in [0.4, 0.5) is 23.4 Å². The van der Waals surface area contributed by atoms with Gasteiger partial charge in [-0.15, -0.1) is 0 Å². The Bertz CT molecular complexity index is 1680. The van der Waals surface area contributed by atoms with Gasteiger partial charge in [-0.3, -0.25) is 4.79 Å². The summed E-state index contributed by atoms with van der Waals surface area (Å²) in [4.78, 5) is 33.6. The number of carbonyl (C=O) groups excluding carboxylic acids is 2. The predicted octanol–water partition coefficient (Wildman–Crippen LogP) is 11.2. The van der Waals surface area contributed by atoms with Gasteiger partial charge in [0.05, 0.1) is 23.4 Å². The van der Waals surface area contributed by atoms with Crippen LogP contribution in [-0.2, 0) is 11.0 Å². The van der Waals surface area contributed by atoms with Crippen LogP contribution in [-0.4, -0.2) is 34.0 Å². The molecule has 0 saturated heterocycles. The maximum Gasteiger partial charge on any atom is 0.416 e. The summed E-state index contributed by atoms with van der Waals surface area (Å²) in [5, 5.41) is 2.28. The Kier molecular flexibility index (Phi) is 18.1. The Labute approximate surface area is 319 Å². The summed E-state index contributed by atoms with van der Waals surface area (Å²) in [6, 6.07) is 3.95. The summed E-state index contributed by atoms with van der Waals surface area (Å²) < 4.78 is 61.6. The van der Waals surface area contributed by atoms with Gasteiger partial charge in [0, 0.05) is 36.3 Å². The molecule has 1 aromatic carbocycles. The zero-order valence-electron chi connectivity index (χ0n) is 33.4. The van der Waals surface area contributed by atoms with Crippen molar-refractivity contribution in [3.8, 4) is 5.75 Å². The van der Waals surface area contributed by atoms with Gasteiger partial charge in [0.25, 0.3) is 5.91 Å². The molecule has 0 saturated carbocycles. The Morgan fingerprint density at radius 3 is 2.26 bits per heavy atom. The molecule has 3 rings (SSSR count). The van der Waals surface area contributed by atoms with Crippen molar-refractivity contribution in [3.63, 3.8) is 0 Å². The second-order valence-corrected chi connectivity index (χ2v) is 14.3. The molecule has 3 N–H and O–H groups in total. The molecule has 0 radical (unpaired) electrons. The number of nitrogens with one attached hydrogen (secondary N) is 1. The molecule has 298 valence electrons. The van der Waals surface area contributed by atoms with Crippen molar-refractivity contribution in [2.24, 2.45) is 34.4 Å². The van der Waals surface area contributed by atoms with E-state index in [1.54, 1.807) is 20.0 Å². The van der Waals surface area contributed by atoms with Gasteiger partial charge >= 0.3 is 6.18 Å². The number of aromatic nitrogens is 1. The molecule has 2 aromatic rings. The highest BCUT2D eigenvalue weighted by Gasteiger charge is 2.33. The summed E-state index contributed by atoms with van der Waals surface area (Å²) in [6.07, 6.45) is 6.15. The highest BCUT2D eigenvalue weighted by molar-refractivity contribution is 6.07.